The lowest BCUT2D eigenvalue weighted by Gasteiger charge is -2.19. The number of hydrogen-bond acceptors (Lipinski definition) is 4. The molecule has 0 saturated heterocycles. The maximum Gasteiger partial charge on any atom is 0.223 e. The van der Waals surface area contributed by atoms with Gasteiger partial charge in [0.05, 0.1) is 16.6 Å². The van der Waals surface area contributed by atoms with Crippen molar-refractivity contribution in [3.05, 3.63) is 46.8 Å². The topological polar surface area (TPSA) is 51.2 Å². The van der Waals surface area contributed by atoms with Crippen LogP contribution in [0.25, 0.3) is 0 Å². The summed E-state index contributed by atoms with van der Waals surface area (Å²) < 4.78 is 17.9. The van der Waals surface area contributed by atoms with E-state index in [9.17, 15) is 4.21 Å². The summed E-state index contributed by atoms with van der Waals surface area (Å²) in [6.45, 7) is 2.01. The Balaban J connectivity index is 2.06. The lowest BCUT2D eigenvalue weighted by molar-refractivity contribution is 0.413. The normalized spacial score (nSPS) is 26.4. The molecule has 0 aromatic carbocycles. The first-order valence-corrected chi connectivity index (χ1v) is 6.75. The molecule has 3 rings (SSSR count). The first-order valence-electron chi connectivity index (χ1n) is 5.43. The Morgan fingerprint density at radius 1 is 1.59 bits per heavy atom. The lowest BCUT2D eigenvalue weighted by Crippen LogP contribution is -2.30. The van der Waals surface area contributed by atoms with E-state index < -0.39 is 10.8 Å². The third kappa shape index (κ3) is 1.86. The van der Waals surface area contributed by atoms with E-state index >= 15 is 0 Å². The van der Waals surface area contributed by atoms with Gasteiger partial charge in [0.25, 0.3) is 0 Å². The van der Waals surface area contributed by atoms with Crippen molar-refractivity contribution >= 4 is 10.8 Å². The number of dihydropyridines is 1. The molecule has 3 heterocycles. The average Bonchev–Trinajstić information content (AvgIpc) is 2.46. The van der Waals surface area contributed by atoms with Crippen LogP contribution >= 0.6 is 0 Å². The van der Waals surface area contributed by atoms with Crippen LogP contribution in [-0.2, 0) is 16.6 Å². The molecule has 1 aromatic rings. The highest BCUT2D eigenvalue weighted by molar-refractivity contribution is 7.88. The molecular weight excluding hydrogens is 236 g/mol. The predicted octanol–water partition coefficient (Wildman–Crippen LogP) is 1.44. The van der Waals surface area contributed by atoms with E-state index in [2.05, 4.69) is 10.3 Å². The van der Waals surface area contributed by atoms with Gasteiger partial charge in [-0.3, -0.25) is 4.21 Å². The number of aromatic nitrogens is 1. The third-order valence-corrected chi connectivity index (χ3v) is 4.04. The highest BCUT2D eigenvalue weighted by Gasteiger charge is 2.25. The van der Waals surface area contributed by atoms with E-state index in [-0.39, 0.29) is 6.04 Å². The summed E-state index contributed by atoms with van der Waals surface area (Å²) >= 11 is 0. The maximum atomic E-state index is 12.2. The third-order valence-electron chi connectivity index (χ3n) is 2.69. The Labute approximate surface area is 102 Å². The Morgan fingerprint density at radius 3 is 3.35 bits per heavy atom. The van der Waals surface area contributed by atoms with Gasteiger partial charge in [0, 0.05) is 17.8 Å². The van der Waals surface area contributed by atoms with Gasteiger partial charge in [-0.05, 0) is 19.1 Å². The molecule has 2 atom stereocenters. The molecule has 1 aromatic heterocycles. The van der Waals surface area contributed by atoms with Crippen molar-refractivity contribution in [2.45, 2.75) is 18.7 Å². The van der Waals surface area contributed by atoms with Crippen molar-refractivity contribution in [2.75, 3.05) is 0 Å². The molecule has 5 heteroatoms. The van der Waals surface area contributed by atoms with Crippen LogP contribution in [0.1, 0.15) is 12.5 Å². The van der Waals surface area contributed by atoms with Crippen LogP contribution in [0.4, 0.5) is 0 Å². The van der Waals surface area contributed by atoms with Gasteiger partial charge < -0.3 is 10.1 Å². The second-order valence-electron chi connectivity index (χ2n) is 4.05. The number of pyridine rings is 1. The minimum Gasteiger partial charge on any atom is -0.436 e. The summed E-state index contributed by atoms with van der Waals surface area (Å²) in [5.41, 5.74) is 0.878. The van der Waals surface area contributed by atoms with Crippen molar-refractivity contribution in [3.8, 4) is 5.88 Å². The van der Waals surface area contributed by atoms with E-state index in [1.807, 2.05) is 31.2 Å². The summed E-state index contributed by atoms with van der Waals surface area (Å²) in [5.74, 6) is 1.60. The first-order chi connectivity index (χ1) is 8.24. The number of nitrogens with zero attached hydrogens (tertiary/aromatic N) is 1. The molecule has 0 spiro atoms. The average molecular weight is 248 g/mol. The van der Waals surface area contributed by atoms with Crippen LogP contribution in [0.2, 0.25) is 0 Å². The molecule has 0 radical (unpaired) electrons. The van der Waals surface area contributed by atoms with Gasteiger partial charge in [0.15, 0.2) is 5.76 Å². The molecule has 0 fully saturated rings. The van der Waals surface area contributed by atoms with Crippen molar-refractivity contribution in [3.63, 3.8) is 0 Å². The van der Waals surface area contributed by atoms with Crippen LogP contribution in [0.3, 0.4) is 0 Å². The molecule has 88 valence electrons. The fraction of sp³-hybridized carbons (Fsp3) is 0.250. The fourth-order valence-corrected chi connectivity index (χ4v) is 3.13. The van der Waals surface area contributed by atoms with Gasteiger partial charge in [0.2, 0.25) is 5.88 Å². The van der Waals surface area contributed by atoms with Gasteiger partial charge in [-0.2, -0.15) is 0 Å². The quantitative estimate of drug-likeness (QED) is 0.755. The van der Waals surface area contributed by atoms with E-state index in [4.69, 9.17) is 4.74 Å². The Bertz CT molecular complexity index is 551. The lowest BCUT2D eigenvalue weighted by atomic mass is 10.2. The van der Waals surface area contributed by atoms with E-state index in [0.717, 1.165) is 5.56 Å². The zero-order chi connectivity index (χ0) is 11.8. The number of hydrogen-bond donors (Lipinski definition) is 1. The Morgan fingerprint density at radius 2 is 2.47 bits per heavy atom. The smallest absolute Gasteiger partial charge is 0.223 e. The van der Waals surface area contributed by atoms with Gasteiger partial charge in [-0.1, -0.05) is 12.1 Å². The minimum atomic E-state index is -1.10. The SMILES string of the molecule is CC1C=CC2=C(N1)S(=O)Cc1cccnc1O2. The molecule has 0 amide bonds. The van der Waals surface area contributed by atoms with E-state index in [0.29, 0.717) is 22.4 Å². The highest BCUT2D eigenvalue weighted by Crippen LogP contribution is 2.28. The first kappa shape index (κ1) is 10.5. The van der Waals surface area contributed by atoms with Gasteiger partial charge in [-0.15, -0.1) is 0 Å². The molecule has 0 aliphatic carbocycles. The van der Waals surface area contributed by atoms with Crippen molar-refractivity contribution in [2.24, 2.45) is 0 Å². The van der Waals surface area contributed by atoms with E-state index in [1.54, 1.807) is 6.20 Å². The highest BCUT2D eigenvalue weighted by atomic mass is 32.2. The van der Waals surface area contributed by atoms with Crippen molar-refractivity contribution in [1.82, 2.24) is 10.3 Å². The molecular formula is C12H12N2O2S. The predicted molar refractivity (Wildman–Crippen MR) is 65.5 cm³/mol. The number of nitrogens with one attached hydrogen (secondary N) is 1. The van der Waals surface area contributed by atoms with Crippen molar-refractivity contribution in [1.29, 1.82) is 0 Å². The summed E-state index contributed by atoms with van der Waals surface area (Å²) in [6.07, 6.45) is 5.51. The Kier molecular flexibility index (Phi) is 2.48. The number of allylic oxidation sites excluding steroid dienone is 1. The molecule has 4 nitrogen and oxygen atoms in total. The number of ether oxygens (including phenoxy) is 1. The largest absolute Gasteiger partial charge is 0.436 e. The number of rotatable bonds is 0. The molecule has 2 aliphatic heterocycles. The van der Waals surface area contributed by atoms with Crippen molar-refractivity contribution < 1.29 is 8.95 Å². The summed E-state index contributed by atoms with van der Waals surface area (Å²) in [5, 5.41) is 3.85. The van der Waals surface area contributed by atoms with Gasteiger partial charge >= 0.3 is 0 Å². The van der Waals surface area contributed by atoms with Crippen LogP contribution in [0, 0.1) is 0 Å². The standard InChI is InChI=1S/C12H12N2O2S/c1-8-4-5-10-12(14-8)17(15)7-9-3-2-6-13-11(9)16-10/h2-6,8,14H,7H2,1H3. The molecule has 2 aliphatic rings. The zero-order valence-corrected chi connectivity index (χ0v) is 10.2. The monoisotopic (exact) mass is 248 g/mol. The summed E-state index contributed by atoms with van der Waals surface area (Å²) in [6, 6.07) is 3.90. The minimum absolute atomic E-state index is 0.176. The van der Waals surface area contributed by atoms with Crippen LogP contribution in [0.5, 0.6) is 5.88 Å². The maximum absolute atomic E-state index is 12.2. The van der Waals surface area contributed by atoms with Crippen LogP contribution < -0.4 is 10.1 Å². The molecule has 0 bridgehead atoms. The summed E-state index contributed by atoms with van der Waals surface area (Å²) in [4.78, 5) is 4.17. The molecule has 0 saturated carbocycles. The molecule has 1 N–H and O–H groups in total. The van der Waals surface area contributed by atoms with Crippen LogP contribution in [-0.4, -0.2) is 15.2 Å². The molecule has 2 unspecified atom stereocenters. The second-order valence-corrected chi connectivity index (χ2v) is 5.43. The molecule has 17 heavy (non-hydrogen) atoms. The van der Waals surface area contributed by atoms with Crippen LogP contribution in [0.15, 0.2) is 41.3 Å². The second kappa shape index (κ2) is 4.00. The fourth-order valence-electron chi connectivity index (χ4n) is 1.84. The van der Waals surface area contributed by atoms with Gasteiger partial charge in [-0.25, -0.2) is 4.98 Å². The number of fused-ring (bicyclic) bond motifs is 1. The van der Waals surface area contributed by atoms with E-state index in [1.165, 1.54) is 0 Å². The Hall–Kier alpha value is -1.62. The zero-order valence-electron chi connectivity index (χ0n) is 9.34. The van der Waals surface area contributed by atoms with Gasteiger partial charge in [0.1, 0.15) is 5.03 Å². The summed E-state index contributed by atoms with van der Waals surface area (Å²) in [7, 11) is -1.10.